The van der Waals surface area contributed by atoms with Gasteiger partial charge in [-0.15, -0.1) is 0 Å². The van der Waals surface area contributed by atoms with Crippen LogP contribution in [0.25, 0.3) is 0 Å². The van der Waals surface area contributed by atoms with E-state index in [2.05, 4.69) is 10.2 Å². The molecule has 2 aromatic rings. The highest BCUT2D eigenvalue weighted by atomic mass is 35.5. The van der Waals surface area contributed by atoms with Crippen LogP contribution < -0.4 is 5.32 Å². The number of likely N-dealkylation sites (tertiary alicyclic amines) is 1. The van der Waals surface area contributed by atoms with E-state index in [4.69, 9.17) is 11.6 Å². The summed E-state index contributed by atoms with van der Waals surface area (Å²) in [6.07, 6.45) is 1.73. The average Bonchev–Trinajstić information content (AvgIpc) is 2.65. The van der Waals surface area contributed by atoms with Crippen LogP contribution in [0.2, 0.25) is 5.02 Å². The predicted molar refractivity (Wildman–Crippen MR) is 106 cm³/mol. The monoisotopic (exact) mass is 387 g/mol. The molecule has 1 amide bonds. The first-order valence-electron chi connectivity index (χ1n) is 8.95. The Morgan fingerprint density at radius 1 is 1.33 bits per heavy atom. The molecule has 0 aromatic heterocycles. The van der Waals surface area contributed by atoms with Gasteiger partial charge in [0.05, 0.1) is 16.5 Å². The lowest BCUT2D eigenvalue weighted by atomic mass is 9.96. The second-order valence-electron chi connectivity index (χ2n) is 6.91. The number of rotatable bonds is 5. The molecule has 1 fully saturated rings. The number of halogens is 1. The molecule has 7 heteroatoms. The molecule has 0 radical (unpaired) electrons. The van der Waals surface area contributed by atoms with Crippen molar-refractivity contribution in [1.82, 2.24) is 4.90 Å². The number of nitro benzene ring substituents is 1. The highest BCUT2D eigenvalue weighted by Crippen LogP contribution is 2.25. The number of piperidine rings is 1. The largest absolute Gasteiger partial charge is 0.325 e. The number of nitrogens with zero attached hydrogens (tertiary/aromatic N) is 2. The normalized spacial score (nSPS) is 17.5. The van der Waals surface area contributed by atoms with E-state index in [-0.39, 0.29) is 17.5 Å². The summed E-state index contributed by atoms with van der Waals surface area (Å²) in [6.45, 7) is 4.10. The molecule has 1 heterocycles. The number of amides is 1. The average molecular weight is 388 g/mol. The number of nitro groups is 1. The lowest BCUT2D eigenvalue weighted by molar-refractivity contribution is -0.384. The minimum absolute atomic E-state index is 0.0279. The molecular weight excluding hydrogens is 366 g/mol. The van der Waals surface area contributed by atoms with Crippen LogP contribution in [-0.2, 0) is 11.3 Å². The summed E-state index contributed by atoms with van der Waals surface area (Å²) in [5.74, 6) is -0.248. The minimum Gasteiger partial charge on any atom is -0.325 e. The van der Waals surface area contributed by atoms with Crippen LogP contribution in [-0.4, -0.2) is 28.8 Å². The number of anilines is 1. The molecule has 1 N–H and O–H groups in total. The number of benzene rings is 2. The van der Waals surface area contributed by atoms with E-state index >= 15 is 0 Å². The van der Waals surface area contributed by atoms with Crippen molar-refractivity contribution in [2.45, 2.75) is 26.3 Å². The molecule has 1 aliphatic heterocycles. The van der Waals surface area contributed by atoms with Crippen LogP contribution >= 0.6 is 11.6 Å². The summed E-state index contributed by atoms with van der Waals surface area (Å²) in [6, 6.07) is 12.2. The van der Waals surface area contributed by atoms with Gasteiger partial charge in [0.1, 0.15) is 0 Å². The molecule has 6 nitrogen and oxygen atoms in total. The third-order valence-electron chi connectivity index (χ3n) is 4.92. The second-order valence-corrected chi connectivity index (χ2v) is 7.32. The molecule has 142 valence electrons. The molecule has 0 spiro atoms. The van der Waals surface area contributed by atoms with E-state index in [1.807, 2.05) is 31.2 Å². The van der Waals surface area contributed by atoms with Crippen molar-refractivity contribution in [3.05, 3.63) is 68.7 Å². The van der Waals surface area contributed by atoms with E-state index in [0.29, 0.717) is 18.8 Å². The molecule has 1 aliphatic rings. The Kier molecular flexibility index (Phi) is 6.08. The Hall–Kier alpha value is -2.44. The number of hydrogen-bond acceptors (Lipinski definition) is 4. The summed E-state index contributed by atoms with van der Waals surface area (Å²) < 4.78 is 0. The van der Waals surface area contributed by atoms with Crippen LogP contribution in [0.4, 0.5) is 11.4 Å². The van der Waals surface area contributed by atoms with Crippen molar-refractivity contribution in [2.75, 3.05) is 18.4 Å². The maximum atomic E-state index is 12.7. The van der Waals surface area contributed by atoms with Gasteiger partial charge >= 0.3 is 0 Å². The molecule has 1 saturated heterocycles. The van der Waals surface area contributed by atoms with E-state index in [9.17, 15) is 14.9 Å². The van der Waals surface area contributed by atoms with Gasteiger partial charge in [-0.1, -0.05) is 35.9 Å². The molecule has 0 aliphatic carbocycles. The molecule has 0 bridgehead atoms. The van der Waals surface area contributed by atoms with Crippen LogP contribution in [0, 0.1) is 23.0 Å². The number of nitrogens with one attached hydrogen (secondary N) is 1. The molecule has 0 unspecified atom stereocenters. The maximum Gasteiger partial charge on any atom is 0.271 e. The number of aryl methyl sites for hydroxylation is 1. The fourth-order valence-electron chi connectivity index (χ4n) is 3.37. The van der Waals surface area contributed by atoms with Gasteiger partial charge in [-0.25, -0.2) is 0 Å². The van der Waals surface area contributed by atoms with E-state index in [0.717, 1.165) is 35.5 Å². The van der Waals surface area contributed by atoms with Crippen molar-refractivity contribution in [1.29, 1.82) is 0 Å². The van der Waals surface area contributed by atoms with Crippen molar-refractivity contribution in [3.8, 4) is 0 Å². The summed E-state index contributed by atoms with van der Waals surface area (Å²) in [4.78, 5) is 25.5. The molecule has 0 saturated carbocycles. The maximum absolute atomic E-state index is 12.7. The predicted octanol–water partition coefficient (Wildman–Crippen LogP) is 4.41. The first-order chi connectivity index (χ1) is 12.9. The Labute approximate surface area is 163 Å². The summed E-state index contributed by atoms with van der Waals surface area (Å²) >= 11 is 6.25. The van der Waals surface area contributed by atoms with Crippen molar-refractivity contribution in [3.63, 3.8) is 0 Å². The van der Waals surface area contributed by atoms with Gasteiger partial charge in [0.2, 0.25) is 5.91 Å². The minimum atomic E-state index is -0.457. The smallest absolute Gasteiger partial charge is 0.271 e. The number of non-ortho nitro benzene ring substituents is 1. The van der Waals surface area contributed by atoms with Gasteiger partial charge in [0, 0.05) is 30.2 Å². The first kappa shape index (κ1) is 19.3. The number of carbonyl (C=O) groups is 1. The lowest BCUT2D eigenvalue weighted by Gasteiger charge is -2.32. The van der Waals surface area contributed by atoms with Crippen molar-refractivity contribution in [2.24, 2.45) is 5.92 Å². The standard InChI is InChI=1S/C20H22ClN3O3/c1-14-8-9-17(24(26)27)11-19(14)22-20(25)16-6-4-10-23(13-16)12-15-5-2-3-7-18(15)21/h2-3,5,7-9,11,16H,4,6,10,12-13H2,1H3,(H,22,25)/t16-/m1/s1. The Morgan fingerprint density at radius 2 is 2.11 bits per heavy atom. The number of carbonyl (C=O) groups excluding carboxylic acids is 1. The van der Waals surface area contributed by atoms with Gasteiger partial charge in [0.25, 0.3) is 5.69 Å². The van der Waals surface area contributed by atoms with Crippen LogP contribution in [0.5, 0.6) is 0 Å². The van der Waals surface area contributed by atoms with E-state index < -0.39 is 4.92 Å². The fourth-order valence-corrected chi connectivity index (χ4v) is 3.57. The zero-order valence-electron chi connectivity index (χ0n) is 15.2. The summed E-state index contributed by atoms with van der Waals surface area (Å²) in [5.41, 5.74) is 2.32. The third-order valence-corrected chi connectivity index (χ3v) is 5.29. The van der Waals surface area contributed by atoms with Crippen LogP contribution in [0.1, 0.15) is 24.0 Å². The first-order valence-corrected chi connectivity index (χ1v) is 9.33. The molecular formula is C20H22ClN3O3. The molecule has 27 heavy (non-hydrogen) atoms. The molecule has 2 aromatic carbocycles. The summed E-state index contributed by atoms with van der Waals surface area (Å²) in [5, 5.41) is 14.6. The summed E-state index contributed by atoms with van der Waals surface area (Å²) in [7, 11) is 0. The Morgan fingerprint density at radius 3 is 2.85 bits per heavy atom. The molecule has 1 atom stereocenters. The molecule has 3 rings (SSSR count). The Balaban J connectivity index is 1.66. The highest BCUT2D eigenvalue weighted by Gasteiger charge is 2.26. The highest BCUT2D eigenvalue weighted by molar-refractivity contribution is 6.31. The van der Waals surface area contributed by atoms with Gasteiger partial charge in [-0.05, 0) is 43.5 Å². The van der Waals surface area contributed by atoms with Gasteiger partial charge in [-0.3, -0.25) is 19.8 Å². The number of hydrogen-bond donors (Lipinski definition) is 1. The van der Waals surface area contributed by atoms with Gasteiger partial charge in [-0.2, -0.15) is 0 Å². The van der Waals surface area contributed by atoms with Crippen molar-refractivity contribution < 1.29 is 9.72 Å². The lowest BCUT2D eigenvalue weighted by Crippen LogP contribution is -2.40. The van der Waals surface area contributed by atoms with Crippen molar-refractivity contribution >= 4 is 28.9 Å². The zero-order chi connectivity index (χ0) is 19.4. The van der Waals surface area contributed by atoms with E-state index in [1.165, 1.54) is 12.1 Å². The van der Waals surface area contributed by atoms with Gasteiger partial charge < -0.3 is 5.32 Å². The van der Waals surface area contributed by atoms with E-state index in [1.54, 1.807) is 6.07 Å². The van der Waals surface area contributed by atoms with Gasteiger partial charge in [0.15, 0.2) is 0 Å². The quantitative estimate of drug-likeness (QED) is 0.609. The second kappa shape index (κ2) is 8.50. The topological polar surface area (TPSA) is 75.5 Å². The fraction of sp³-hybridized carbons (Fsp3) is 0.350. The zero-order valence-corrected chi connectivity index (χ0v) is 15.9. The van der Waals surface area contributed by atoms with Crippen LogP contribution in [0.3, 0.4) is 0 Å². The van der Waals surface area contributed by atoms with Crippen LogP contribution in [0.15, 0.2) is 42.5 Å². The SMILES string of the molecule is Cc1ccc([N+](=O)[O-])cc1NC(=O)[C@@H]1CCCN(Cc2ccccc2Cl)C1. The third kappa shape index (κ3) is 4.84. The Bertz CT molecular complexity index is 856.